The van der Waals surface area contributed by atoms with Crippen LogP contribution >= 0.6 is 27.7 Å². The van der Waals surface area contributed by atoms with E-state index < -0.39 is 12.0 Å². The Morgan fingerprint density at radius 3 is 2.58 bits per heavy atom. The number of carboxylic acid groups (broad SMARTS) is 1. The second-order valence-electron chi connectivity index (χ2n) is 3.61. The van der Waals surface area contributed by atoms with Gasteiger partial charge in [0.05, 0.1) is 5.75 Å². The Balaban J connectivity index is 2.45. The third-order valence-electron chi connectivity index (χ3n) is 2.14. The highest BCUT2D eigenvalue weighted by atomic mass is 79.9. The van der Waals surface area contributed by atoms with Crippen molar-refractivity contribution in [3.8, 4) is 12.3 Å². The third-order valence-corrected chi connectivity index (χ3v) is 3.68. The summed E-state index contributed by atoms with van der Waals surface area (Å²) in [5.41, 5.74) is 0. The number of amides is 1. The number of benzene rings is 1. The van der Waals surface area contributed by atoms with Crippen LogP contribution in [0.25, 0.3) is 0 Å². The van der Waals surface area contributed by atoms with Crippen molar-refractivity contribution in [2.24, 2.45) is 0 Å². The third kappa shape index (κ3) is 5.81. The van der Waals surface area contributed by atoms with E-state index in [0.717, 1.165) is 9.37 Å². The maximum atomic E-state index is 11.6. The molecule has 0 spiro atoms. The summed E-state index contributed by atoms with van der Waals surface area (Å²) in [6.45, 7) is 0. The van der Waals surface area contributed by atoms with Gasteiger partial charge in [-0.1, -0.05) is 15.9 Å². The van der Waals surface area contributed by atoms with Crippen molar-refractivity contribution in [2.45, 2.75) is 17.4 Å². The molecule has 19 heavy (non-hydrogen) atoms. The molecule has 100 valence electrons. The minimum absolute atomic E-state index is 0.0238. The highest BCUT2D eigenvalue weighted by Gasteiger charge is 2.18. The van der Waals surface area contributed by atoms with E-state index in [0.29, 0.717) is 0 Å². The van der Waals surface area contributed by atoms with Crippen LogP contribution in [-0.4, -0.2) is 28.8 Å². The summed E-state index contributed by atoms with van der Waals surface area (Å²) in [7, 11) is 0. The molecular formula is C13H12BrNO3S. The van der Waals surface area contributed by atoms with Crippen LogP contribution in [0, 0.1) is 12.3 Å². The quantitative estimate of drug-likeness (QED) is 0.614. The average Bonchev–Trinajstić information content (AvgIpc) is 2.37. The van der Waals surface area contributed by atoms with E-state index in [1.807, 2.05) is 24.3 Å². The first kappa shape index (κ1) is 15.6. The van der Waals surface area contributed by atoms with Crippen molar-refractivity contribution in [1.29, 1.82) is 0 Å². The van der Waals surface area contributed by atoms with Gasteiger partial charge < -0.3 is 10.4 Å². The Hall–Kier alpha value is -1.45. The molecule has 0 aliphatic carbocycles. The normalized spacial score (nSPS) is 11.4. The topological polar surface area (TPSA) is 66.4 Å². The minimum atomic E-state index is -1.13. The van der Waals surface area contributed by atoms with Crippen LogP contribution in [0.1, 0.15) is 6.42 Å². The van der Waals surface area contributed by atoms with Crippen LogP contribution in [0.4, 0.5) is 0 Å². The van der Waals surface area contributed by atoms with Gasteiger partial charge in [-0.05, 0) is 24.3 Å². The summed E-state index contributed by atoms with van der Waals surface area (Å²) in [4.78, 5) is 23.3. The standard InChI is InChI=1S/C13H12BrNO3S/c1-2-3-11(13(17)18)15-12(16)8-19-10-6-4-9(14)5-7-10/h1,4-7,11H,3,8H2,(H,15,16)(H,17,18). The molecule has 1 rings (SSSR count). The molecule has 0 saturated heterocycles. The van der Waals surface area contributed by atoms with Crippen LogP contribution in [0.3, 0.4) is 0 Å². The van der Waals surface area contributed by atoms with Crippen molar-refractivity contribution in [2.75, 3.05) is 5.75 Å². The molecule has 0 radical (unpaired) electrons. The first-order chi connectivity index (χ1) is 9.02. The summed E-state index contributed by atoms with van der Waals surface area (Å²) in [6, 6.07) is 6.47. The number of halogens is 1. The van der Waals surface area contributed by atoms with Crippen molar-refractivity contribution >= 4 is 39.6 Å². The van der Waals surface area contributed by atoms with E-state index in [-0.39, 0.29) is 18.1 Å². The molecule has 1 aromatic carbocycles. The lowest BCUT2D eigenvalue weighted by molar-refractivity contribution is -0.141. The lowest BCUT2D eigenvalue weighted by Gasteiger charge is -2.11. The Morgan fingerprint density at radius 2 is 2.05 bits per heavy atom. The average molecular weight is 342 g/mol. The molecule has 0 heterocycles. The smallest absolute Gasteiger partial charge is 0.327 e. The minimum Gasteiger partial charge on any atom is -0.480 e. The molecule has 0 aliphatic rings. The van der Waals surface area contributed by atoms with Crippen LogP contribution in [-0.2, 0) is 9.59 Å². The predicted molar refractivity (Wildman–Crippen MR) is 77.9 cm³/mol. The second-order valence-corrected chi connectivity index (χ2v) is 5.57. The van der Waals surface area contributed by atoms with E-state index in [4.69, 9.17) is 11.5 Å². The molecule has 0 aromatic heterocycles. The molecule has 4 nitrogen and oxygen atoms in total. The first-order valence-corrected chi connectivity index (χ1v) is 7.14. The zero-order valence-electron chi connectivity index (χ0n) is 9.93. The predicted octanol–water partition coefficient (Wildman–Crippen LogP) is 2.13. The molecule has 1 atom stereocenters. The van der Waals surface area contributed by atoms with Crippen LogP contribution in [0.5, 0.6) is 0 Å². The van der Waals surface area contributed by atoms with Gasteiger partial charge in [0.15, 0.2) is 0 Å². The Morgan fingerprint density at radius 1 is 1.42 bits per heavy atom. The number of terminal acetylenes is 1. The Bertz CT molecular complexity index is 496. The van der Waals surface area contributed by atoms with Gasteiger partial charge in [0.1, 0.15) is 6.04 Å². The molecule has 0 bridgehead atoms. The highest BCUT2D eigenvalue weighted by molar-refractivity contribution is 9.10. The van der Waals surface area contributed by atoms with E-state index in [1.54, 1.807) is 0 Å². The molecule has 0 fully saturated rings. The number of carbonyl (C=O) groups is 2. The van der Waals surface area contributed by atoms with Crippen LogP contribution in [0.2, 0.25) is 0 Å². The number of carboxylic acids is 1. The zero-order chi connectivity index (χ0) is 14.3. The van der Waals surface area contributed by atoms with Gasteiger partial charge in [-0.3, -0.25) is 4.79 Å². The second kappa shape index (κ2) is 7.87. The molecule has 1 aromatic rings. The monoisotopic (exact) mass is 341 g/mol. The van der Waals surface area contributed by atoms with E-state index in [1.165, 1.54) is 11.8 Å². The van der Waals surface area contributed by atoms with Gasteiger partial charge in [0.25, 0.3) is 0 Å². The van der Waals surface area contributed by atoms with Crippen molar-refractivity contribution in [3.63, 3.8) is 0 Å². The largest absolute Gasteiger partial charge is 0.480 e. The fourth-order valence-electron chi connectivity index (χ4n) is 1.23. The van der Waals surface area contributed by atoms with E-state index >= 15 is 0 Å². The first-order valence-electron chi connectivity index (χ1n) is 5.37. The molecule has 1 unspecified atom stereocenters. The van der Waals surface area contributed by atoms with E-state index in [2.05, 4.69) is 27.2 Å². The lowest BCUT2D eigenvalue weighted by atomic mass is 10.2. The molecule has 0 saturated carbocycles. The van der Waals surface area contributed by atoms with Crippen molar-refractivity contribution in [3.05, 3.63) is 28.7 Å². The number of thioether (sulfide) groups is 1. The van der Waals surface area contributed by atoms with Gasteiger partial charge in [0, 0.05) is 15.8 Å². The maximum absolute atomic E-state index is 11.6. The van der Waals surface area contributed by atoms with E-state index in [9.17, 15) is 9.59 Å². The zero-order valence-corrected chi connectivity index (χ0v) is 12.3. The summed E-state index contributed by atoms with van der Waals surface area (Å²) in [5.74, 6) is 0.899. The summed E-state index contributed by atoms with van der Waals surface area (Å²) in [5, 5.41) is 11.2. The number of rotatable bonds is 6. The van der Waals surface area contributed by atoms with Gasteiger partial charge in [-0.25, -0.2) is 4.79 Å². The Labute approximate surface area is 124 Å². The molecular weight excluding hydrogens is 330 g/mol. The number of carbonyl (C=O) groups excluding carboxylic acids is 1. The SMILES string of the molecule is C#CCC(NC(=O)CSc1ccc(Br)cc1)C(=O)O. The number of nitrogens with one attached hydrogen (secondary N) is 1. The van der Waals surface area contributed by atoms with Gasteiger partial charge in [-0.15, -0.1) is 24.1 Å². The number of hydrogen-bond acceptors (Lipinski definition) is 3. The van der Waals surface area contributed by atoms with Gasteiger partial charge in [0.2, 0.25) is 5.91 Å². The summed E-state index contributed by atoms with van der Waals surface area (Å²) >= 11 is 4.65. The summed E-state index contributed by atoms with van der Waals surface area (Å²) in [6.07, 6.45) is 5.02. The van der Waals surface area contributed by atoms with Crippen molar-refractivity contribution in [1.82, 2.24) is 5.32 Å². The molecule has 6 heteroatoms. The van der Waals surface area contributed by atoms with Crippen molar-refractivity contribution < 1.29 is 14.7 Å². The highest BCUT2D eigenvalue weighted by Crippen LogP contribution is 2.20. The molecule has 0 aliphatic heterocycles. The van der Waals surface area contributed by atoms with Gasteiger partial charge >= 0.3 is 5.97 Å². The maximum Gasteiger partial charge on any atom is 0.327 e. The molecule has 1 amide bonds. The molecule has 2 N–H and O–H groups in total. The fraction of sp³-hybridized carbons (Fsp3) is 0.231. The number of aliphatic carboxylic acids is 1. The number of hydrogen-bond donors (Lipinski definition) is 2. The van der Waals surface area contributed by atoms with Crippen LogP contribution in [0.15, 0.2) is 33.6 Å². The fourth-order valence-corrected chi connectivity index (χ4v) is 2.21. The van der Waals surface area contributed by atoms with Crippen LogP contribution < -0.4 is 5.32 Å². The lowest BCUT2D eigenvalue weighted by Crippen LogP contribution is -2.41. The Kier molecular flexibility index (Phi) is 6.46. The summed E-state index contributed by atoms with van der Waals surface area (Å²) < 4.78 is 0.960. The van der Waals surface area contributed by atoms with Gasteiger partial charge in [-0.2, -0.15) is 0 Å².